The maximum absolute atomic E-state index is 5.82. The van der Waals surface area contributed by atoms with E-state index in [0.29, 0.717) is 11.6 Å². The quantitative estimate of drug-likeness (QED) is 0.865. The van der Waals surface area contributed by atoms with Gasteiger partial charge in [-0.15, -0.1) is 0 Å². The van der Waals surface area contributed by atoms with Crippen molar-refractivity contribution in [3.8, 4) is 0 Å². The van der Waals surface area contributed by atoms with E-state index in [9.17, 15) is 0 Å². The third-order valence-electron chi connectivity index (χ3n) is 1.95. The zero-order valence-electron chi connectivity index (χ0n) is 8.31. The van der Waals surface area contributed by atoms with Crippen molar-refractivity contribution in [2.45, 2.75) is 6.54 Å². The van der Waals surface area contributed by atoms with Crippen molar-refractivity contribution in [1.82, 2.24) is 14.8 Å². The molecule has 5 heteroatoms. The van der Waals surface area contributed by atoms with Crippen molar-refractivity contribution in [3.05, 3.63) is 41.3 Å². The largest absolute Gasteiger partial charge is 0.364 e. The Morgan fingerprint density at radius 3 is 3.00 bits per heavy atom. The van der Waals surface area contributed by atoms with Gasteiger partial charge < -0.3 is 5.32 Å². The van der Waals surface area contributed by atoms with Crippen molar-refractivity contribution in [1.29, 1.82) is 0 Å². The van der Waals surface area contributed by atoms with Gasteiger partial charge in [0.05, 0.1) is 5.02 Å². The molecular formula is C10H11ClN4. The van der Waals surface area contributed by atoms with E-state index in [1.54, 1.807) is 17.1 Å². The van der Waals surface area contributed by atoms with E-state index < -0.39 is 0 Å². The van der Waals surface area contributed by atoms with Crippen LogP contribution in [0.4, 0.5) is 5.82 Å². The number of anilines is 1. The van der Waals surface area contributed by atoms with E-state index in [2.05, 4.69) is 15.4 Å². The molecule has 2 heterocycles. The molecule has 0 radical (unpaired) electrons. The Morgan fingerprint density at radius 1 is 1.47 bits per heavy atom. The zero-order valence-corrected chi connectivity index (χ0v) is 9.07. The summed E-state index contributed by atoms with van der Waals surface area (Å²) in [7, 11) is 1.88. The van der Waals surface area contributed by atoms with Crippen LogP contribution in [0.3, 0.4) is 0 Å². The number of hydrogen-bond donors (Lipinski definition) is 1. The predicted molar refractivity (Wildman–Crippen MR) is 59.8 cm³/mol. The van der Waals surface area contributed by atoms with Crippen LogP contribution in [-0.4, -0.2) is 14.8 Å². The minimum absolute atomic E-state index is 0.648. The summed E-state index contributed by atoms with van der Waals surface area (Å²) in [6, 6.07) is 3.79. The van der Waals surface area contributed by atoms with Gasteiger partial charge >= 0.3 is 0 Å². The summed E-state index contributed by atoms with van der Waals surface area (Å²) in [6.45, 7) is 0.671. The summed E-state index contributed by atoms with van der Waals surface area (Å²) >= 11 is 5.82. The van der Waals surface area contributed by atoms with E-state index in [1.807, 2.05) is 25.4 Å². The van der Waals surface area contributed by atoms with Crippen LogP contribution in [-0.2, 0) is 13.6 Å². The average Bonchev–Trinajstić information content (AvgIpc) is 2.62. The predicted octanol–water partition coefficient (Wildman–Crippen LogP) is 2.08. The molecule has 0 aromatic carbocycles. The van der Waals surface area contributed by atoms with E-state index in [0.717, 1.165) is 11.4 Å². The lowest BCUT2D eigenvalue weighted by atomic mass is 10.3. The second kappa shape index (κ2) is 4.31. The van der Waals surface area contributed by atoms with Gasteiger partial charge in [-0.2, -0.15) is 5.10 Å². The fourth-order valence-corrected chi connectivity index (χ4v) is 1.45. The molecule has 0 aliphatic carbocycles. The molecule has 0 atom stereocenters. The molecule has 0 bridgehead atoms. The van der Waals surface area contributed by atoms with Gasteiger partial charge in [0.25, 0.3) is 0 Å². The molecule has 2 rings (SSSR count). The number of aromatic nitrogens is 3. The zero-order chi connectivity index (χ0) is 10.7. The van der Waals surface area contributed by atoms with Crippen LogP contribution in [0.1, 0.15) is 5.56 Å². The summed E-state index contributed by atoms with van der Waals surface area (Å²) in [5.74, 6) is 0.845. The SMILES string of the molecule is Cn1ccc(NCc2cncc(Cl)c2)n1. The maximum atomic E-state index is 5.82. The first-order chi connectivity index (χ1) is 7.24. The molecule has 2 aromatic rings. The lowest BCUT2D eigenvalue weighted by Gasteiger charge is -2.02. The van der Waals surface area contributed by atoms with Gasteiger partial charge in [0.2, 0.25) is 0 Å². The second-order valence-corrected chi connectivity index (χ2v) is 3.68. The number of aryl methyl sites for hydroxylation is 1. The summed E-state index contributed by atoms with van der Waals surface area (Å²) in [5.41, 5.74) is 1.04. The van der Waals surface area contributed by atoms with E-state index in [1.165, 1.54) is 0 Å². The van der Waals surface area contributed by atoms with Crippen molar-refractivity contribution in [2.24, 2.45) is 7.05 Å². The Hall–Kier alpha value is -1.55. The van der Waals surface area contributed by atoms with Gasteiger partial charge in [0, 0.05) is 38.2 Å². The molecule has 1 N–H and O–H groups in total. The van der Waals surface area contributed by atoms with Crippen LogP contribution >= 0.6 is 11.6 Å². The lowest BCUT2D eigenvalue weighted by molar-refractivity contribution is 0.768. The van der Waals surface area contributed by atoms with Crippen LogP contribution in [0.5, 0.6) is 0 Å². The Labute approximate surface area is 92.9 Å². The summed E-state index contributed by atoms with van der Waals surface area (Å²) in [6.07, 6.45) is 5.28. The normalized spacial score (nSPS) is 10.3. The van der Waals surface area contributed by atoms with Crippen molar-refractivity contribution in [3.63, 3.8) is 0 Å². The number of pyridine rings is 1. The van der Waals surface area contributed by atoms with Crippen molar-refractivity contribution >= 4 is 17.4 Å². The Bertz CT molecular complexity index is 452. The fourth-order valence-electron chi connectivity index (χ4n) is 1.25. The molecule has 0 spiro atoms. The smallest absolute Gasteiger partial charge is 0.148 e. The molecule has 2 aromatic heterocycles. The number of halogens is 1. The number of nitrogens with zero attached hydrogens (tertiary/aromatic N) is 3. The summed E-state index contributed by atoms with van der Waals surface area (Å²) in [4.78, 5) is 4.00. The minimum Gasteiger partial charge on any atom is -0.364 e. The third-order valence-corrected chi connectivity index (χ3v) is 2.16. The van der Waals surface area contributed by atoms with Crippen LogP contribution in [0, 0.1) is 0 Å². The van der Waals surface area contributed by atoms with E-state index >= 15 is 0 Å². The molecule has 0 aliphatic heterocycles. The van der Waals surface area contributed by atoms with E-state index in [4.69, 9.17) is 11.6 Å². The summed E-state index contributed by atoms with van der Waals surface area (Å²) in [5, 5.41) is 8.03. The number of hydrogen-bond acceptors (Lipinski definition) is 3. The third kappa shape index (κ3) is 2.70. The first-order valence-electron chi connectivity index (χ1n) is 4.57. The van der Waals surface area contributed by atoms with Crippen LogP contribution in [0.15, 0.2) is 30.7 Å². The second-order valence-electron chi connectivity index (χ2n) is 3.24. The van der Waals surface area contributed by atoms with Crippen LogP contribution in [0.25, 0.3) is 0 Å². The topological polar surface area (TPSA) is 42.7 Å². The number of nitrogens with one attached hydrogen (secondary N) is 1. The van der Waals surface area contributed by atoms with Crippen molar-refractivity contribution < 1.29 is 0 Å². The first kappa shape index (κ1) is 9.98. The van der Waals surface area contributed by atoms with Gasteiger partial charge in [-0.25, -0.2) is 0 Å². The Kier molecular flexibility index (Phi) is 2.87. The van der Waals surface area contributed by atoms with Crippen molar-refractivity contribution in [2.75, 3.05) is 5.32 Å². The Morgan fingerprint density at radius 2 is 2.33 bits per heavy atom. The van der Waals surface area contributed by atoms with Gasteiger partial charge in [0.1, 0.15) is 5.82 Å². The molecule has 0 amide bonds. The molecular weight excluding hydrogens is 212 g/mol. The monoisotopic (exact) mass is 222 g/mol. The highest BCUT2D eigenvalue weighted by Gasteiger charge is 1.97. The van der Waals surface area contributed by atoms with Gasteiger partial charge in [-0.1, -0.05) is 11.6 Å². The number of rotatable bonds is 3. The van der Waals surface area contributed by atoms with Gasteiger partial charge in [-0.05, 0) is 11.6 Å². The van der Waals surface area contributed by atoms with Crippen LogP contribution in [0.2, 0.25) is 5.02 Å². The molecule has 0 fully saturated rings. The highest BCUT2D eigenvalue weighted by atomic mass is 35.5. The molecule has 4 nitrogen and oxygen atoms in total. The molecule has 0 aliphatic rings. The minimum atomic E-state index is 0.648. The molecule has 0 saturated heterocycles. The van der Waals surface area contributed by atoms with E-state index in [-0.39, 0.29) is 0 Å². The fraction of sp³-hybridized carbons (Fsp3) is 0.200. The lowest BCUT2D eigenvalue weighted by Crippen LogP contribution is -2.01. The van der Waals surface area contributed by atoms with Gasteiger partial charge in [-0.3, -0.25) is 9.67 Å². The molecule has 78 valence electrons. The Balaban J connectivity index is 1.99. The molecule has 0 saturated carbocycles. The van der Waals surface area contributed by atoms with Crippen LogP contribution < -0.4 is 5.32 Å². The maximum Gasteiger partial charge on any atom is 0.148 e. The molecule has 0 unspecified atom stereocenters. The first-order valence-corrected chi connectivity index (χ1v) is 4.95. The highest BCUT2D eigenvalue weighted by Crippen LogP contribution is 2.10. The van der Waals surface area contributed by atoms with Gasteiger partial charge in [0.15, 0.2) is 0 Å². The highest BCUT2D eigenvalue weighted by molar-refractivity contribution is 6.30. The average molecular weight is 223 g/mol. The molecule has 15 heavy (non-hydrogen) atoms. The standard InChI is InChI=1S/C10H11ClN4/c1-15-3-2-10(14-15)13-6-8-4-9(11)7-12-5-8/h2-5,7H,6H2,1H3,(H,13,14). The summed E-state index contributed by atoms with van der Waals surface area (Å²) < 4.78 is 1.75.